The van der Waals surface area contributed by atoms with E-state index in [0.717, 1.165) is 26.1 Å². The van der Waals surface area contributed by atoms with E-state index >= 15 is 0 Å². The Hall–Kier alpha value is -0.900. The molecule has 1 saturated heterocycles. The van der Waals surface area contributed by atoms with Crippen LogP contribution in [0.25, 0.3) is 0 Å². The Morgan fingerprint density at radius 3 is 2.95 bits per heavy atom. The first-order chi connectivity index (χ1) is 9.29. The van der Waals surface area contributed by atoms with Crippen LogP contribution in [0.2, 0.25) is 0 Å². The topological polar surface area (TPSA) is 21.7 Å². The third-order valence-corrected chi connectivity index (χ3v) is 4.59. The molecule has 3 rings (SSSR count). The second kappa shape index (κ2) is 5.61. The summed E-state index contributed by atoms with van der Waals surface area (Å²) in [6, 6.07) is 9.20. The number of morpholine rings is 1. The average Bonchev–Trinajstić information content (AvgIpc) is 2.85. The first kappa shape index (κ1) is 13.1. The van der Waals surface area contributed by atoms with Gasteiger partial charge in [-0.3, -0.25) is 4.90 Å². The summed E-state index contributed by atoms with van der Waals surface area (Å²) < 4.78 is 11.5. The van der Waals surface area contributed by atoms with Gasteiger partial charge in [0, 0.05) is 26.2 Å². The predicted molar refractivity (Wildman–Crippen MR) is 75.1 cm³/mol. The summed E-state index contributed by atoms with van der Waals surface area (Å²) in [5.74, 6) is 0. The van der Waals surface area contributed by atoms with Crippen molar-refractivity contribution in [1.29, 1.82) is 0 Å². The molecule has 1 aliphatic carbocycles. The minimum atomic E-state index is 0.266. The highest BCUT2D eigenvalue weighted by Gasteiger charge is 2.42. The van der Waals surface area contributed by atoms with E-state index in [-0.39, 0.29) is 12.2 Å². The van der Waals surface area contributed by atoms with Gasteiger partial charge in [-0.05, 0) is 30.9 Å². The highest BCUT2D eigenvalue weighted by Crippen LogP contribution is 2.32. The monoisotopic (exact) mass is 261 g/mol. The van der Waals surface area contributed by atoms with Crippen molar-refractivity contribution in [3.05, 3.63) is 35.4 Å². The van der Waals surface area contributed by atoms with Crippen molar-refractivity contribution in [2.24, 2.45) is 0 Å². The lowest BCUT2D eigenvalue weighted by molar-refractivity contribution is -0.106. The maximum atomic E-state index is 5.94. The Labute approximate surface area is 115 Å². The van der Waals surface area contributed by atoms with Gasteiger partial charge < -0.3 is 9.47 Å². The van der Waals surface area contributed by atoms with Crippen LogP contribution in [0.4, 0.5) is 0 Å². The van der Waals surface area contributed by atoms with Gasteiger partial charge >= 0.3 is 0 Å². The number of methoxy groups -OCH3 is 1. The summed E-state index contributed by atoms with van der Waals surface area (Å²) in [6.45, 7) is 5.09. The first-order valence-electron chi connectivity index (χ1n) is 7.22. The van der Waals surface area contributed by atoms with Crippen LogP contribution in [0, 0.1) is 6.92 Å². The third-order valence-electron chi connectivity index (χ3n) is 4.59. The van der Waals surface area contributed by atoms with E-state index in [9.17, 15) is 0 Å². The lowest BCUT2D eigenvalue weighted by Crippen LogP contribution is -2.51. The molecule has 0 aromatic heterocycles. The third kappa shape index (κ3) is 2.55. The van der Waals surface area contributed by atoms with E-state index in [1.165, 1.54) is 17.5 Å². The molecule has 0 unspecified atom stereocenters. The molecule has 3 atom stereocenters. The van der Waals surface area contributed by atoms with Gasteiger partial charge in [-0.1, -0.05) is 24.3 Å². The summed E-state index contributed by atoms with van der Waals surface area (Å²) in [7, 11) is 1.80. The van der Waals surface area contributed by atoms with Crippen LogP contribution in [0.3, 0.4) is 0 Å². The minimum Gasteiger partial charge on any atom is -0.379 e. The van der Waals surface area contributed by atoms with E-state index in [4.69, 9.17) is 9.47 Å². The normalized spacial score (nSPS) is 31.4. The second-order valence-electron chi connectivity index (χ2n) is 5.65. The van der Waals surface area contributed by atoms with E-state index < -0.39 is 0 Å². The Morgan fingerprint density at radius 2 is 2.16 bits per heavy atom. The Balaban J connectivity index is 1.73. The number of benzene rings is 1. The molecule has 19 heavy (non-hydrogen) atoms. The molecule has 104 valence electrons. The van der Waals surface area contributed by atoms with Crippen molar-refractivity contribution in [2.45, 2.75) is 44.6 Å². The van der Waals surface area contributed by atoms with Crippen LogP contribution >= 0.6 is 0 Å². The maximum Gasteiger partial charge on any atom is 0.0991 e. The van der Waals surface area contributed by atoms with Crippen molar-refractivity contribution < 1.29 is 9.47 Å². The number of nitrogens with zero attached hydrogens (tertiary/aromatic N) is 1. The summed E-state index contributed by atoms with van der Waals surface area (Å²) in [4.78, 5) is 2.58. The molecule has 0 spiro atoms. The average molecular weight is 261 g/mol. The highest BCUT2D eigenvalue weighted by atomic mass is 16.5. The van der Waals surface area contributed by atoms with Crippen LogP contribution in [-0.2, 0) is 16.0 Å². The van der Waals surface area contributed by atoms with Crippen molar-refractivity contribution in [2.75, 3.05) is 20.3 Å². The SMILES string of the molecule is CO[C@@H]1CC[C@H]2[C@H]1OCCN2Cc1ccccc1C. The Bertz CT molecular complexity index is 435. The van der Waals surface area contributed by atoms with Gasteiger partial charge in [0.15, 0.2) is 0 Å². The van der Waals surface area contributed by atoms with E-state index in [1.807, 2.05) is 0 Å². The Kier molecular flexibility index (Phi) is 3.87. The molecular weight excluding hydrogens is 238 g/mol. The van der Waals surface area contributed by atoms with Gasteiger partial charge in [0.2, 0.25) is 0 Å². The van der Waals surface area contributed by atoms with Gasteiger partial charge in [-0.25, -0.2) is 0 Å². The molecule has 0 radical (unpaired) electrons. The van der Waals surface area contributed by atoms with Crippen LogP contribution < -0.4 is 0 Å². The molecule has 0 bridgehead atoms. The quantitative estimate of drug-likeness (QED) is 0.834. The molecule has 0 N–H and O–H groups in total. The fraction of sp³-hybridized carbons (Fsp3) is 0.625. The maximum absolute atomic E-state index is 5.94. The van der Waals surface area contributed by atoms with Crippen molar-refractivity contribution >= 4 is 0 Å². The van der Waals surface area contributed by atoms with Crippen molar-refractivity contribution in [1.82, 2.24) is 4.90 Å². The molecule has 1 heterocycles. The smallest absolute Gasteiger partial charge is 0.0991 e. The Morgan fingerprint density at radius 1 is 1.32 bits per heavy atom. The lowest BCUT2D eigenvalue weighted by Gasteiger charge is -2.39. The summed E-state index contributed by atoms with van der Waals surface area (Å²) >= 11 is 0. The van der Waals surface area contributed by atoms with E-state index in [2.05, 4.69) is 36.1 Å². The van der Waals surface area contributed by atoms with Crippen molar-refractivity contribution in [3.8, 4) is 0 Å². The molecule has 3 nitrogen and oxygen atoms in total. The molecule has 3 heteroatoms. The summed E-state index contributed by atoms with van der Waals surface area (Å²) in [5, 5.41) is 0. The fourth-order valence-electron chi connectivity index (χ4n) is 3.45. The molecular formula is C16H23NO2. The van der Waals surface area contributed by atoms with E-state index in [0.29, 0.717) is 6.04 Å². The highest BCUT2D eigenvalue weighted by molar-refractivity contribution is 5.25. The number of hydrogen-bond donors (Lipinski definition) is 0. The van der Waals surface area contributed by atoms with Crippen LogP contribution in [0.15, 0.2) is 24.3 Å². The molecule has 1 aromatic carbocycles. The van der Waals surface area contributed by atoms with Crippen molar-refractivity contribution in [3.63, 3.8) is 0 Å². The molecule has 1 aliphatic heterocycles. The zero-order chi connectivity index (χ0) is 13.2. The van der Waals surface area contributed by atoms with Gasteiger partial charge in [0.25, 0.3) is 0 Å². The molecule has 2 aliphatic rings. The van der Waals surface area contributed by atoms with Gasteiger partial charge in [0.05, 0.1) is 18.8 Å². The summed E-state index contributed by atoms with van der Waals surface area (Å²) in [6.07, 6.45) is 2.86. The number of hydrogen-bond acceptors (Lipinski definition) is 3. The van der Waals surface area contributed by atoms with Crippen LogP contribution in [0.1, 0.15) is 24.0 Å². The predicted octanol–water partition coefficient (Wildman–Crippen LogP) is 2.37. The summed E-state index contributed by atoms with van der Waals surface area (Å²) in [5.41, 5.74) is 2.82. The number of ether oxygens (including phenoxy) is 2. The van der Waals surface area contributed by atoms with Crippen LogP contribution in [-0.4, -0.2) is 43.4 Å². The molecule has 0 amide bonds. The van der Waals surface area contributed by atoms with Crippen LogP contribution in [0.5, 0.6) is 0 Å². The zero-order valence-corrected chi connectivity index (χ0v) is 11.8. The fourth-order valence-corrected chi connectivity index (χ4v) is 3.45. The standard InChI is InChI=1S/C16H23NO2/c1-12-5-3-4-6-13(12)11-17-9-10-19-16-14(17)7-8-15(16)18-2/h3-6,14-16H,7-11H2,1-2H3/t14-,15+,16+/m0/s1. The lowest BCUT2D eigenvalue weighted by atomic mass is 10.1. The van der Waals surface area contributed by atoms with Gasteiger partial charge in [-0.15, -0.1) is 0 Å². The molecule has 1 saturated carbocycles. The largest absolute Gasteiger partial charge is 0.379 e. The molecule has 1 aromatic rings. The molecule has 2 fully saturated rings. The second-order valence-corrected chi connectivity index (χ2v) is 5.65. The zero-order valence-electron chi connectivity index (χ0n) is 11.8. The van der Waals surface area contributed by atoms with E-state index in [1.54, 1.807) is 7.11 Å². The minimum absolute atomic E-state index is 0.266. The van der Waals surface area contributed by atoms with Gasteiger partial charge in [0.1, 0.15) is 0 Å². The van der Waals surface area contributed by atoms with Gasteiger partial charge in [-0.2, -0.15) is 0 Å². The number of aryl methyl sites for hydroxylation is 1. The first-order valence-corrected chi connectivity index (χ1v) is 7.22. The number of fused-ring (bicyclic) bond motifs is 1. The number of rotatable bonds is 3.